The lowest BCUT2D eigenvalue weighted by Gasteiger charge is -1.96. The molecule has 0 radical (unpaired) electrons. The zero-order chi connectivity index (χ0) is 9.84. The molecule has 3 nitrogen and oxygen atoms in total. The minimum atomic E-state index is -0.714. The summed E-state index contributed by atoms with van der Waals surface area (Å²) in [5, 5.41) is 0. The van der Waals surface area contributed by atoms with E-state index in [0.717, 1.165) is 6.07 Å². The third kappa shape index (κ3) is 2.74. The summed E-state index contributed by atoms with van der Waals surface area (Å²) in [4.78, 5) is 25.1. The average Bonchev–Trinajstić information content (AvgIpc) is 2.03. The number of hydrogen-bond acceptors (Lipinski definition) is 3. The lowest BCUT2D eigenvalue weighted by Crippen LogP contribution is -2.05. The van der Waals surface area contributed by atoms with Crippen molar-refractivity contribution in [1.82, 2.24) is 4.98 Å². The monoisotopic (exact) mass is 181 g/mol. The molecule has 0 fully saturated rings. The van der Waals surface area contributed by atoms with Gasteiger partial charge in [-0.25, -0.2) is 4.98 Å². The van der Waals surface area contributed by atoms with Gasteiger partial charge in [0.2, 0.25) is 5.95 Å². The van der Waals surface area contributed by atoms with Crippen LogP contribution in [0.3, 0.4) is 0 Å². The third-order valence-electron chi connectivity index (χ3n) is 1.46. The molecule has 0 aromatic carbocycles. The summed E-state index contributed by atoms with van der Waals surface area (Å²) in [6, 6.07) is 2.40. The van der Waals surface area contributed by atoms with Crippen molar-refractivity contribution < 1.29 is 14.0 Å². The number of carbonyl (C=O) groups excluding carboxylic acids is 2. The van der Waals surface area contributed by atoms with Crippen molar-refractivity contribution in [3.63, 3.8) is 0 Å². The van der Waals surface area contributed by atoms with Crippen LogP contribution in [0.4, 0.5) is 4.39 Å². The lowest BCUT2D eigenvalue weighted by atomic mass is 10.1. The zero-order valence-corrected chi connectivity index (χ0v) is 7.08. The first-order valence-electron chi connectivity index (χ1n) is 3.74. The minimum Gasteiger partial charge on any atom is -0.300 e. The first-order valence-corrected chi connectivity index (χ1v) is 3.74. The number of pyridine rings is 1. The summed E-state index contributed by atoms with van der Waals surface area (Å²) in [7, 11) is 0. The Balaban J connectivity index is 2.83. The Morgan fingerprint density at radius 1 is 1.54 bits per heavy atom. The van der Waals surface area contributed by atoms with Crippen molar-refractivity contribution in [2.24, 2.45) is 0 Å². The van der Waals surface area contributed by atoms with Crippen LogP contribution in [0.5, 0.6) is 0 Å². The maximum Gasteiger partial charge on any atom is 0.213 e. The second-order valence-electron chi connectivity index (χ2n) is 2.67. The van der Waals surface area contributed by atoms with Crippen molar-refractivity contribution in [2.45, 2.75) is 13.3 Å². The van der Waals surface area contributed by atoms with E-state index in [0.29, 0.717) is 0 Å². The molecule has 0 bridgehead atoms. The Morgan fingerprint density at radius 2 is 2.23 bits per heavy atom. The standard InChI is InChI=1S/C9H8FNO2/c1-6(12)4-8(13)7-2-3-11-9(10)5-7/h2-3,5H,4H2,1H3. The van der Waals surface area contributed by atoms with E-state index in [4.69, 9.17) is 0 Å². The lowest BCUT2D eigenvalue weighted by molar-refractivity contribution is -0.116. The van der Waals surface area contributed by atoms with Crippen LogP contribution in [0.1, 0.15) is 23.7 Å². The number of rotatable bonds is 3. The van der Waals surface area contributed by atoms with Crippen LogP contribution in [0.15, 0.2) is 18.3 Å². The van der Waals surface area contributed by atoms with Crippen molar-refractivity contribution in [3.05, 3.63) is 29.8 Å². The van der Waals surface area contributed by atoms with Crippen LogP contribution in [-0.4, -0.2) is 16.6 Å². The minimum absolute atomic E-state index is 0.183. The zero-order valence-electron chi connectivity index (χ0n) is 7.08. The first-order chi connectivity index (χ1) is 6.09. The van der Waals surface area contributed by atoms with Crippen LogP contribution in [0, 0.1) is 5.95 Å². The van der Waals surface area contributed by atoms with E-state index in [1.54, 1.807) is 0 Å². The highest BCUT2D eigenvalue weighted by molar-refractivity contribution is 6.07. The maximum atomic E-state index is 12.5. The van der Waals surface area contributed by atoms with Gasteiger partial charge in [-0.3, -0.25) is 9.59 Å². The van der Waals surface area contributed by atoms with Gasteiger partial charge in [0.15, 0.2) is 5.78 Å². The molecular formula is C9H8FNO2. The van der Waals surface area contributed by atoms with Gasteiger partial charge < -0.3 is 0 Å². The molecule has 0 aliphatic rings. The molecule has 13 heavy (non-hydrogen) atoms. The predicted molar refractivity (Wildman–Crippen MR) is 43.8 cm³/mol. The fourth-order valence-electron chi connectivity index (χ4n) is 0.904. The van der Waals surface area contributed by atoms with Gasteiger partial charge in [-0.15, -0.1) is 0 Å². The van der Waals surface area contributed by atoms with E-state index >= 15 is 0 Å². The smallest absolute Gasteiger partial charge is 0.213 e. The molecule has 0 spiro atoms. The molecule has 1 aromatic rings. The SMILES string of the molecule is CC(=O)CC(=O)c1ccnc(F)c1. The Morgan fingerprint density at radius 3 is 2.77 bits per heavy atom. The molecule has 1 rings (SSSR count). The topological polar surface area (TPSA) is 47.0 Å². The summed E-state index contributed by atoms with van der Waals surface area (Å²) >= 11 is 0. The molecule has 1 aromatic heterocycles. The van der Waals surface area contributed by atoms with Gasteiger partial charge in [0, 0.05) is 17.8 Å². The summed E-state index contributed by atoms with van der Waals surface area (Å²) in [5.74, 6) is -1.33. The molecule has 4 heteroatoms. The number of halogens is 1. The molecule has 0 aliphatic heterocycles. The Hall–Kier alpha value is -1.58. The van der Waals surface area contributed by atoms with Crippen molar-refractivity contribution in [3.8, 4) is 0 Å². The fourth-order valence-corrected chi connectivity index (χ4v) is 0.904. The fraction of sp³-hybridized carbons (Fsp3) is 0.222. The van der Waals surface area contributed by atoms with Crippen LogP contribution in [0.2, 0.25) is 0 Å². The van der Waals surface area contributed by atoms with Crippen molar-refractivity contribution in [1.29, 1.82) is 0 Å². The number of hydrogen-bond donors (Lipinski definition) is 0. The first kappa shape index (κ1) is 9.51. The van der Waals surface area contributed by atoms with Crippen LogP contribution in [-0.2, 0) is 4.79 Å². The molecular weight excluding hydrogens is 173 g/mol. The summed E-state index contributed by atoms with van der Waals surface area (Å²) in [5.41, 5.74) is 0.183. The number of carbonyl (C=O) groups is 2. The van der Waals surface area contributed by atoms with Crippen molar-refractivity contribution in [2.75, 3.05) is 0 Å². The average molecular weight is 181 g/mol. The number of aromatic nitrogens is 1. The molecule has 0 aliphatic carbocycles. The van der Waals surface area contributed by atoms with Crippen molar-refractivity contribution >= 4 is 11.6 Å². The molecule has 0 saturated carbocycles. The highest BCUT2D eigenvalue weighted by atomic mass is 19.1. The largest absolute Gasteiger partial charge is 0.300 e. The second-order valence-corrected chi connectivity index (χ2v) is 2.67. The van der Waals surface area contributed by atoms with E-state index in [-0.39, 0.29) is 23.6 Å². The highest BCUT2D eigenvalue weighted by Gasteiger charge is 2.08. The predicted octanol–water partition coefficient (Wildman–Crippen LogP) is 1.38. The van der Waals surface area contributed by atoms with Gasteiger partial charge >= 0.3 is 0 Å². The van der Waals surface area contributed by atoms with Crippen LogP contribution < -0.4 is 0 Å². The quantitative estimate of drug-likeness (QED) is 0.402. The van der Waals surface area contributed by atoms with E-state index < -0.39 is 5.95 Å². The normalized spacial score (nSPS) is 9.69. The van der Waals surface area contributed by atoms with Gasteiger partial charge in [0.1, 0.15) is 5.78 Å². The van der Waals surface area contributed by atoms with Gasteiger partial charge in [-0.1, -0.05) is 0 Å². The molecule has 0 amide bonds. The number of Topliss-reactive ketones (excluding diaryl/α,β-unsaturated/α-hetero) is 2. The second kappa shape index (κ2) is 3.89. The van der Waals surface area contributed by atoms with Gasteiger partial charge in [0.05, 0.1) is 6.42 Å². The summed E-state index contributed by atoms with van der Waals surface area (Å²) < 4.78 is 12.5. The Kier molecular flexibility index (Phi) is 2.84. The molecule has 0 atom stereocenters. The highest BCUT2D eigenvalue weighted by Crippen LogP contribution is 2.04. The van der Waals surface area contributed by atoms with Gasteiger partial charge in [0.25, 0.3) is 0 Å². The molecule has 1 heterocycles. The maximum absolute atomic E-state index is 12.5. The number of ketones is 2. The van der Waals surface area contributed by atoms with Crippen LogP contribution >= 0.6 is 0 Å². The summed E-state index contributed by atoms with van der Waals surface area (Å²) in [6.07, 6.45) is 1.01. The van der Waals surface area contributed by atoms with E-state index in [1.807, 2.05) is 0 Å². The van der Waals surface area contributed by atoms with Gasteiger partial charge in [-0.2, -0.15) is 4.39 Å². The molecule has 0 saturated heterocycles. The molecule has 0 unspecified atom stereocenters. The number of nitrogens with zero attached hydrogens (tertiary/aromatic N) is 1. The molecule has 68 valence electrons. The van der Waals surface area contributed by atoms with E-state index in [9.17, 15) is 14.0 Å². The summed E-state index contributed by atoms with van der Waals surface area (Å²) in [6.45, 7) is 1.31. The van der Waals surface area contributed by atoms with Gasteiger partial charge in [-0.05, 0) is 13.0 Å². The Bertz CT molecular complexity index is 349. The van der Waals surface area contributed by atoms with E-state index in [2.05, 4.69) is 4.98 Å². The Labute approximate surface area is 74.6 Å². The van der Waals surface area contributed by atoms with E-state index in [1.165, 1.54) is 19.2 Å². The third-order valence-corrected chi connectivity index (χ3v) is 1.46. The molecule has 0 N–H and O–H groups in total. The van der Waals surface area contributed by atoms with Crippen LogP contribution in [0.25, 0.3) is 0 Å².